The minimum absolute atomic E-state index is 0.613. The van der Waals surface area contributed by atoms with Crippen LogP contribution < -0.4 is 9.47 Å². The van der Waals surface area contributed by atoms with Crippen molar-refractivity contribution in [1.82, 2.24) is 15.2 Å². The van der Waals surface area contributed by atoms with Crippen molar-refractivity contribution in [2.24, 2.45) is 0 Å². The summed E-state index contributed by atoms with van der Waals surface area (Å²) in [4.78, 5) is 3.56. The Morgan fingerprint density at radius 1 is 1.05 bits per heavy atom. The first-order valence-corrected chi connectivity index (χ1v) is 7.79. The molecule has 3 aromatic rings. The standard InChI is InChI=1S/C17H17N3O2/c1-9-10-3-2-4-11-12-7-14-15(22-6-5-21-14)8-13(12)18-16(11)17(10)20-19-9/h7-8,18H,2-6H2,1H3,(H,19,20). The Bertz CT molecular complexity index is 891. The van der Waals surface area contributed by atoms with Crippen LogP contribution in [0.25, 0.3) is 22.3 Å². The SMILES string of the molecule is Cc1[nH]nc2c1CCCc1c-2[nH]c2cc3c(cc12)OCCO3. The first kappa shape index (κ1) is 12.1. The van der Waals surface area contributed by atoms with Crippen molar-refractivity contribution < 1.29 is 9.47 Å². The van der Waals surface area contributed by atoms with Crippen LogP contribution in [0, 0.1) is 6.92 Å². The number of nitrogens with zero attached hydrogens (tertiary/aromatic N) is 1. The van der Waals surface area contributed by atoms with Crippen LogP contribution in [0.15, 0.2) is 12.1 Å². The van der Waals surface area contributed by atoms with Crippen LogP contribution in [0.3, 0.4) is 0 Å². The lowest BCUT2D eigenvalue weighted by atomic mass is 10.1. The van der Waals surface area contributed by atoms with E-state index in [4.69, 9.17) is 9.47 Å². The Hall–Kier alpha value is -2.43. The quantitative estimate of drug-likeness (QED) is 0.670. The fourth-order valence-electron chi connectivity index (χ4n) is 3.66. The maximum Gasteiger partial charge on any atom is 0.163 e. The van der Waals surface area contributed by atoms with Crippen LogP contribution in [0.1, 0.15) is 23.2 Å². The fraction of sp³-hybridized carbons (Fsp3) is 0.353. The molecule has 5 rings (SSSR count). The highest BCUT2D eigenvalue weighted by molar-refractivity contribution is 5.93. The van der Waals surface area contributed by atoms with Gasteiger partial charge < -0.3 is 14.5 Å². The summed E-state index contributed by atoms with van der Waals surface area (Å²) in [5.74, 6) is 1.68. The van der Waals surface area contributed by atoms with E-state index in [0.717, 1.165) is 47.7 Å². The second kappa shape index (κ2) is 4.29. The van der Waals surface area contributed by atoms with Crippen LogP contribution >= 0.6 is 0 Å². The molecular weight excluding hydrogens is 278 g/mol. The van der Waals surface area contributed by atoms with E-state index in [1.54, 1.807) is 0 Å². The summed E-state index contributed by atoms with van der Waals surface area (Å²) >= 11 is 0. The summed E-state index contributed by atoms with van der Waals surface area (Å²) in [7, 11) is 0. The van der Waals surface area contributed by atoms with E-state index < -0.39 is 0 Å². The lowest BCUT2D eigenvalue weighted by Crippen LogP contribution is -2.15. The van der Waals surface area contributed by atoms with Gasteiger partial charge in [-0.1, -0.05) is 0 Å². The van der Waals surface area contributed by atoms with E-state index in [2.05, 4.69) is 34.2 Å². The molecule has 0 spiro atoms. The van der Waals surface area contributed by atoms with Crippen LogP contribution in [-0.2, 0) is 12.8 Å². The number of fused-ring (bicyclic) bond motifs is 6. The maximum atomic E-state index is 5.74. The molecule has 5 heteroatoms. The number of nitrogens with one attached hydrogen (secondary N) is 2. The summed E-state index contributed by atoms with van der Waals surface area (Å²) in [6, 6.07) is 4.17. The highest BCUT2D eigenvalue weighted by Gasteiger charge is 2.24. The Balaban J connectivity index is 1.80. The van der Waals surface area contributed by atoms with Crippen LogP contribution in [0.2, 0.25) is 0 Å². The number of aromatic amines is 2. The van der Waals surface area contributed by atoms with Crippen molar-refractivity contribution in [3.63, 3.8) is 0 Å². The van der Waals surface area contributed by atoms with Gasteiger partial charge in [-0.2, -0.15) is 5.10 Å². The van der Waals surface area contributed by atoms with Gasteiger partial charge in [0.15, 0.2) is 11.5 Å². The molecular formula is C17H17N3O2. The van der Waals surface area contributed by atoms with Gasteiger partial charge in [0.05, 0.1) is 11.2 Å². The first-order chi connectivity index (χ1) is 10.8. The Labute approximate surface area is 127 Å². The molecule has 22 heavy (non-hydrogen) atoms. The molecule has 0 radical (unpaired) electrons. The predicted octanol–water partition coefficient (Wildman–Crippen LogP) is 3.13. The maximum absolute atomic E-state index is 5.74. The number of H-pyrrole nitrogens is 2. The molecule has 2 aromatic heterocycles. The van der Waals surface area contributed by atoms with Gasteiger partial charge in [-0.05, 0) is 37.8 Å². The third kappa shape index (κ3) is 1.56. The van der Waals surface area contributed by atoms with Crippen molar-refractivity contribution >= 4 is 10.9 Å². The van der Waals surface area contributed by atoms with Gasteiger partial charge in [-0.3, -0.25) is 5.10 Å². The Kier molecular flexibility index (Phi) is 2.37. The lowest BCUT2D eigenvalue weighted by Gasteiger charge is -2.18. The molecule has 0 fully saturated rings. The number of hydrogen-bond donors (Lipinski definition) is 2. The van der Waals surface area contributed by atoms with Crippen molar-refractivity contribution in [1.29, 1.82) is 0 Å². The normalized spacial score (nSPS) is 16.2. The summed E-state index contributed by atoms with van der Waals surface area (Å²) in [5, 5.41) is 8.89. The Morgan fingerprint density at radius 3 is 2.68 bits per heavy atom. The predicted molar refractivity (Wildman–Crippen MR) is 83.6 cm³/mol. The van der Waals surface area contributed by atoms with Gasteiger partial charge in [0, 0.05) is 22.7 Å². The van der Waals surface area contributed by atoms with E-state index in [1.807, 2.05) is 0 Å². The fourth-order valence-corrected chi connectivity index (χ4v) is 3.66. The largest absolute Gasteiger partial charge is 0.486 e. The smallest absolute Gasteiger partial charge is 0.163 e. The van der Waals surface area contributed by atoms with Gasteiger partial charge in [0.1, 0.15) is 18.9 Å². The molecule has 5 nitrogen and oxygen atoms in total. The number of rotatable bonds is 0. The van der Waals surface area contributed by atoms with Crippen molar-refractivity contribution in [2.45, 2.75) is 26.2 Å². The van der Waals surface area contributed by atoms with Crippen molar-refractivity contribution in [3.05, 3.63) is 29.0 Å². The third-order valence-corrected chi connectivity index (χ3v) is 4.73. The topological polar surface area (TPSA) is 62.9 Å². The molecule has 1 aromatic carbocycles. The minimum atomic E-state index is 0.613. The van der Waals surface area contributed by atoms with Gasteiger partial charge in [0.25, 0.3) is 0 Å². The van der Waals surface area contributed by atoms with E-state index in [-0.39, 0.29) is 0 Å². The number of hydrogen-bond acceptors (Lipinski definition) is 3. The van der Waals surface area contributed by atoms with Crippen molar-refractivity contribution in [2.75, 3.05) is 13.2 Å². The van der Waals surface area contributed by atoms with Gasteiger partial charge in [-0.15, -0.1) is 0 Å². The Morgan fingerprint density at radius 2 is 1.82 bits per heavy atom. The summed E-state index contributed by atoms with van der Waals surface area (Å²) in [6.45, 7) is 3.33. The zero-order valence-electron chi connectivity index (χ0n) is 12.5. The van der Waals surface area contributed by atoms with Crippen LogP contribution in [0.4, 0.5) is 0 Å². The summed E-state index contributed by atoms with van der Waals surface area (Å²) in [6.07, 6.45) is 3.28. The molecule has 0 bridgehead atoms. The molecule has 1 aliphatic heterocycles. The van der Waals surface area contributed by atoms with E-state index >= 15 is 0 Å². The van der Waals surface area contributed by atoms with Gasteiger partial charge in [0.2, 0.25) is 0 Å². The van der Waals surface area contributed by atoms with Crippen LogP contribution in [-0.4, -0.2) is 28.4 Å². The van der Waals surface area contributed by atoms with Gasteiger partial charge in [-0.25, -0.2) is 0 Å². The molecule has 0 unspecified atom stereocenters. The monoisotopic (exact) mass is 295 g/mol. The highest BCUT2D eigenvalue weighted by atomic mass is 16.6. The molecule has 0 saturated carbocycles. The first-order valence-electron chi connectivity index (χ1n) is 7.79. The zero-order valence-corrected chi connectivity index (χ0v) is 12.5. The molecule has 3 heterocycles. The average molecular weight is 295 g/mol. The zero-order chi connectivity index (χ0) is 14.7. The average Bonchev–Trinajstić information content (AvgIpc) is 3.00. The second-order valence-corrected chi connectivity index (χ2v) is 6.05. The van der Waals surface area contributed by atoms with E-state index in [9.17, 15) is 0 Å². The van der Waals surface area contributed by atoms with E-state index in [0.29, 0.717) is 13.2 Å². The number of aromatic nitrogens is 3. The molecule has 0 atom stereocenters. The van der Waals surface area contributed by atoms with Crippen LogP contribution in [0.5, 0.6) is 11.5 Å². The second-order valence-electron chi connectivity index (χ2n) is 6.05. The number of benzene rings is 1. The minimum Gasteiger partial charge on any atom is -0.486 e. The van der Waals surface area contributed by atoms with Gasteiger partial charge >= 0.3 is 0 Å². The van der Waals surface area contributed by atoms with E-state index in [1.165, 1.54) is 22.2 Å². The molecule has 2 N–H and O–H groups in total. The molecule has 0 amide bonds. The molecule has 0 saturated heterocycles. The third-order valence-electron chi connectivity index (χ3n) is 4.73. The molecule has 2 aliphatic rings. The molecule has 112 valence electrons. The highest BCUT2D eigenvalue weighted by Crippen LogP contribution is 2.41. The number of aryl methyl sites for hydroxylation is 2. The summed E-state index contributed by atoms with van der Waals surface area (Å²) in [5.41, 5.74) is 7.17. The lowest BCUT2D eigenvalue weighted by molar-refractivity contribution is 0.172. The number of ether oxygens (including phenoxy) is 2. The summed E-state index contributed by atoms with van der Waals surface area (Å²) < 4.78 is 11.4. The molecule has 1 aliphatic carbocycles. The van der Waals surface area contributed by atoms with Crippen molar-refractivity contribution in [3.8, 4) is 22.9 Å².